The molecule has 1 atom stereocenters. The van der Waals surface area contributed by atoms with E-state index in [2.05, 4.69) is 26.6 Å². The molecule has 0 aromatic heterocycles. The van der Waals surface area contributed by atoms with Crippen molar-refractivity contribution in [2.45, 2.75) is 12.5 Å². The molecule has 0 fully saturated rings. The van der Waals surface area contributed by atoms with Gasteiger partial charge in [-0.15, -0.1) is 0 Å². The molecule has 1 aromatic carbocycles. The van der Waals surface area contributed by atoms with Crippen molar-refractivity contribution in [3.8, 4) is 0 Å². The van der Waals surface area contributed by atoms with Crippen molar-refractivity contribution in [3.63, 3.8) is 0 Å². The molecule has 3 N–H and O–H groups in total. The highest BCUT2D eigenvalue weighted by atomic mass is 79.9. The summed E-state index contributed by atoms with van der Waals surface area (Å²) in [6.07, 6.45) is -0.953. The Kier molecular flexibility index (Phi) is 6.66. The van der Waals surface area contributed by atoms with Crippen molar-refractivity contribution in [3.05, 3.63) is 34.9 Å². The Labute approximate surface area is 124 Å². The van der Waals surface area contributed by atoms with Gasteiger partial charge in [0.15, 0.2) is 0 Å². The first-order valence-electron chi connectivity index (χ1n) is 5.60. The van der Waals surface area contributed by atoms with E-state index in [-0.39, 0.29) is 12.3 Å². The molecule has 1 unspecified atom stereocenters. The standard InChI is InChI=1S/C12H14BrClN2O3/c13-5-6-15-11(17)10(16-12(18)19)7-8-1-3-9(14)4-2-8/h1-4,10,16H,5-7H2,(H,15,17)(H,18,19). The van der Waals surface area contributed by atoms with Crippen LogP contribution in [-0.2, 0) is 11.2 Å². The fraction of sp³-hybridized carbons (Fsp3) is 0.333. The van der Waals surface area contributed by atoms with Gasteiger partial charge in [-0.25, -0.2) is 4.79 Å². The molecular formula is C12H14BrClN2O3. The molecule has 104 valence electrons. The number of alkyl halides is 1. The van der Waals surface area contributed by atoms with Gasteiger partial charge in [-0.3, -0.25) is 4.79 Å². The minimum atomic E-state index is -1.23. The summed E-state index contributed by atoms with van der Waals surface area (Å²) in [6.45, 7) is 0.442. The lowest BCUT2D eigenvalue weighted by Gasteiger charge is -2.16. The van der Waals surface area contributed by atoms with E-state index >= 15 is 0 Å². The van der Waals surface area contributed by atoms with Crippen molar-refractivity contribution in [2.75, 3.05) is 11.9 Å². The maximum absolute atomic E-state index is 11.8. The lowest BCUT2D eigenvalue weighted by molar-refractivity contribution is -0.122. The normalized spacial score (nSPS) is 11.7. The fourth-order valence-electron chi connectivity index (χ4n) is 1.51. The Morgan fingerprint density at radius 2 is 1.95 bits per heavy atom. The van der Waals surface area contributed by atoms with Gasteiger partial charge in [-0.1, -0.05) is 39.7 Å². The van der Waals surface area contributed by atoms with Gasteiger partial charge in [0.05, 0.1) is 0 Å². The van der Waals surface area contributed by atoms with Crippen LogP contribution < -0.4 is 10.6 Å². The first kappa shape index (κ1) is 15.8. The second-order valence-electron chi connectivity index (χ2n) is 3.81. The Morgan fingerprint density at radius 3 is 2.47 bits per heavy atom. The summed E-state index contributed by atoms with van der Waals surface area (Å²) in [5, 5.41) is 14.8. The summed E-state index contributed by atoms with van der Waals surface area (Å²) in [6, 6.07) is 6.10. The number of carbonyl (C=O) groups is 2. The molecule has 5 nitrogen and oxygen atoms in total. The number of rotatable bonds is 6. The number of benzene rings is 1. The third kappa shape index (κ3) is 5.94. The van der Waals surface area contributed by atoms with E-state index in [1.54, 1.807) is 24.3 Å². The van der Waals surface area contributed by atoms with Crippen molar-refractivity contribution in [2.24, 2.45) is 0 Å². The van der Waals surface area contributed by atoms with Gasteiger partial charge in [0.1, 0.15) is 6.04 Å². The Morgan fingerprint density at radius 1 is 1.32 bits per heavy atom. The van der Waals surface area contributed by atoms with Crippen LogP contribution in [0.1, 0.15) is 5.56 Å². The van der Waals surface area contributed by atoms with E-state index in [1.807, 2.05) is 0 Å². The van der Waals surface area contributed by atoms with Crippen molar-refractivity contribution >= 4 is 39.5 Å². The molecule has 0 aliphatic carbocycles. The Bertz CT molecular complexity index is 439. The third-order valence-electron chi connectivity index (χ3n) is 2.36. The summed E-state index contributed by atoms with van der Waals surface area (Å²) in [5.74, 6) is -0.350. The number of carbonyl (C=O) groups excluding carboxylic acids is 1. The van der Waals surface area contributed by atoms with Gasteiger partial charge < -0.3 is 15.7 Å². The summed E-state index contributed by atoms with van der Waals surface area (Å²) in [4.78, 5) is 22.5. The highest BCUT2D eigenvalue weighted by Crippen LogP contribution is 2.11. The largest absolute Gasteiger partial charge is 0.465 e. The van der Waals surface area contributed by atoms with E-state index in [0.29, 0.717) is 16.9 Å². The molecule has 0 saturated carbocycles. The second-order valence-corrected chi connectivity index (χ2v) is 5.04. The Balaban J connectivity index is 2.70. The lowest BCUT2D eigenvalue weighted by Crippen LogP contribution is -2.48. The van der Waals surface area contributed by atoms with Crippen LogP contribution >= 0.6 is 27.5 Å². The zero-order valence-corrected chi connectivity index (χ0v) is 12.4. The van der Waals surface area contributed by atoms with Gasteiger partial charge in [0, 0.05) is 23.3 Å². The average Bonchev–Trinajstić information content (AvgIpc) is 2.37. The van der Waals surface area contributed by atoms with Crippen LogP contribution in [0, 0.1) is 0 Å². The molecule has 0 spiro atoms. The van der Waals surface area contributed by atoms with Gasteiger partial charge in [-0.2, -0.15) is 0 Å². The topological polar surface area (TPSA) is 78.4 Å². The highest BCUT2D eigenvalue weighted by Gasteiger charge is 2.20. The molecule has 0 heterocycles. The molecule has 0 bridgehead atoms. The maximum Gasteiger partial charge on any atom is 0.405 e. The van der Waals surface area contributed by atoms with Crippen LogP contribution in [0.25, 0.3) is 0 Å². The molecule has 1 rings (SSSR count). The fourth-order valence-corrected chi connectivity index (χ4v) is 1.83. The van der Waals surface area contributed by atoms with E-state index in [1.165, 1.54) is 0 Å². The molecule has 0 saturated heterocycles. The van der Waals surface area contributed by atoms with Crippen LogP contribution in [0.5, 0.6) is 0 Å². The molecule has 7 heteroatoms. The van der Waals surface area contributed by atoms with E-state index in [4.69, 9.17) is 16.7 Å². The highest BCUT2D eigenvalue weighted by molar-refractivity contribution is 9.09. The molecule has 0 aliphatic rings. The number of hydrogen-bond donors (Lipinski definition) is 3. The molecule has 0 radical (unpaired) electrons. The van der Waals surface area contributed by atoms with Crippen LogP contribution in [0.4, 0.5) is 4.79 Å². The van der Waals surface area contributed by atoms with Gasteiger partial charge >= 0.3 is 6.09 Å². The molecule has 1 aromatic rings. The predicted octanol–water partition coefficient (Wildman–Crippen LogP) is 2.03. The van der Waals surface area contributed by atoms with E-state index in [0.717, 1.165) is 5.56 Å². The monoisotopic (exact) mass is 348 g/mol. The van der Waals surface area contributed by atoms with Crippen molar-refractivity contribution < 1.29 is 14.7 Å². The smallest absolute Gasteiger partial charge is 0.405 e. The van der Waals surface area contributed by atoms with Crippen molar-refractivity contribution in [1.29, 1.82) is 0 Å². The summed E-state index contributed by atoms with van der Waals surface area (Å²) < 4.78 is 0. The predicted molar refractivity (Wildman–Crippen MR) is 76.9 cm³/mol. The third-order valence-corrected chi connectivity index (χ3v) is 3.01. The average molecular weight is 350 g/mol. The summed E-state index contributed by atoms with van der Waals surface area (Å²) in [7, 11) is 0. The molecular weight excluding hydrogens is 336 g/mol. The quantitative estimate of drug-likeness (QED) is 0.688. The summed E-state index contributed by atoms with van der Waals surface area (Å²) in [5.41, 5.74) is 0.831. The van der Waals surface area contributed by atoms with E-state index < -0.39 is 12.1 Å². The number of amides is 2. The number of halogens is 2. The van der Waals surface area contributed by atoms with Crippen LogP contribution in [0.2, 0.25) is 5.02 Å². The number of carboxylic acid groups (broad SMARTS) is 1. The molecule has 0 aliphatic heterocycles. The SMILES string of the molecule is O=C(O)NC(Cc1ccc(Cl)cc1)C(=O)NCCBr. The maximum atomic E-state index is 11.8. The number of nitrogens with one attached hydrogen (secondary N) is 2. The number of hydrogen-bond acceptors (Lipinski definition) is 2. The lowest BCUT2D eigenvalue weighted by atomic mass is 10.1. The first-order chi connectivity index (χ1) is 9.02. The van der Waals surface area contributed by atoms with Crippen molar-refractivity contribution in [1.82, 2.24) is 10.6 Å². The zero-order chi connectivity index (χ0) is 14.3. The van der Waals surface area contributed by atoms with Crippen LogP contribution in [0.15, 0.2) is 24.3 Å². The second kappa shape index (κ2) is 8.01. The molecule has 2 amide bonds. The minimum absolute atomic E-state index is 0.275. The summed E-state index contributed by atoms with van der Waals surface area (Å²) >= 11 is 8.96. The van der Waals surface area contributed by atoms with Gasteiger partial charge in [-0.05, 0) is 17.7 Å². The zero-order valence-electron chi connectivity index (χ0n) is 10.0. The molecule has 19 heavy (non-hydrogen) atoms. The van der Waals surface area contributed by atoms with Crippen LogP contribution in [0.3, 0.4) is 0 Å². The van der Waals surface area contributed by atoms with Crippen LogP contribution in [-0.4, -0.2) is 35.0 Å². The first-order valence-corrected chi connectivity index (χ1v) is 7.10. The van der Waals surface area contributed by atoms with Gasteiger partial charge in [0.25, 0.3) is 0 Å². The van der Waals surface area contributed by atoms with Gasteiger partial charge in [0.2, 0.25) is 5.91 Å². The van der Waals surface area contributed by atoms with E-state index in [9.17, 15) is 9.59 Å². The Hall–Kier alpha value is -1.27. The minimum Gasteiger partial charge on any atom is -0.465 e.